The summed E-state index contributed by atoms with van der Waals surface area (Å²) in [5.74, 6) is -0.832. The molecule has 0 radical (unpaired) electrons. The summed E-state index contributed by atoms with van der Waals surface area (Å²) >= 11 is 0. The molecule has 0 aliphatic rings. The van der Waals surface area contributed by atoms with Crippen molar-refractivity contribution in [3.8, 4) is 0 Å². The van der Waals surface area contributed by atoms with Crippen LogP contribution < -0.4 is 0 Å². The standard InChI is InChI=1S/C11H21F3NO5S2/c1-5-10(3,4)9(2)20-7-6-8-21(16,17)15-22(18,19)11(12,13)14/h9H,5-8H2,1-4H3/q-1. The number of nitrogens with zero attached hydrogens (tertiary/aromatic N) is 1. The Morgan fingerprint density at radius 2 is 1.64 bits per heavy atom. The molecule has 0 aliphatic heterocycles. The van der Waals surface area contributed by atoms with Crippen molar-refractivity contribution in [1.82, 2.24) is 0 Å². The Morgan fingerprint density at radius 3 is 2.05 bits per heavy atom. The summed E-state index contributed by atoms with van der Waals surface area (Å²) in [7, 11) is -10.8. The van der Waals surface area contributed by atoms with Crippen LogP contribution in [-0.2, 0) is 24.8 Å². The second kappa shape index (κ2) is 7.45. The van der Waals surface area contributed by atoms with E-state index >= 15 is 0 Å². The van der Waals surface area contributed by atoms with Gasteiger partial charge in [0.15, 0.2) is 10.0 Å². The van der Waals surface area contributed by atoms with E-state index in [9.17, 15) is 30.0 Å². The van der Waals surface area contributed by atoms with E-state index in [1.54, 1.807) is 6.92 Å². The molecule has 0 fully saturated rings. The molecule has 11 heteroatoms. The Bertz CT molecular complexity index is 555. The molecule has 0 spiro atoms. The summed E-state index contributed by atoms with van der Waals surface area (Å²) in [6.07, 6.45) is 0.491. The number of halogens is 3. The van der Waals surface area contributed by atoms with Crippen LogP contribution in [0.4, 0.5) is 13.2 Å². The van der Waals surface area contributed by atoms with Gasteiger partial charge in [0.1, 0.15) is 0 Å². The van der Waals surface area contributed by atoms with Gasteiger partial charge >= 0.3 is 5.51 Å². The van der Waals surface area contributed by atoms with E-state index in [0.29, 0.717) is 0 Å². The Labute approximate surface area is 129 Å². The highest BCUT2D eigenvalue weighted by Crippen LogP contribution is 2.30. The van der Waals surface area contributed by atoms with Gasteiger partial charge < -0.3 is 8.86 Å². The predicted molar refractivity (Wildman–Crippen MR) is 76.2 cm³/mol. The fourth-order valence-electron chi connectivity index (χ4n) is 1.24. The van der Waals surface area contributed by atoms with Crippen molar-refractivity contribution in [1.29, 1.82) is 0 Å². The van der Waals surface area contributed by atoms with Gasteiger partial charge in [-0.3, -0.25) is 0 Å². The first-order valence-corrected chi connectivity index (χ1v) is 9.59. The third-order valence-corrected chi connectivity index (χ3v) is 6.51. The van der Waals surface area contributed by atoms with Crippen LogP contribution in [0.5, 0.6) is 0 Å². The number of sulfonamides is 2. The lowest BCUT2D eigenvalue weighted by molar-refractivity contribution is -0.0425. The molecule has 0 saturated heterocycles. The van der Waals surface area contributed by atoms with E-state index in [0.717, 1.165) is 6.42 Å². The van der Waals surface area contributed by atoms with Crippen LogP contribution in [0.3, 0.4) is 0 Å². The van der Waals surface area contributed by atoms with Gasteiger partial charge in [-0.15, -0.1) is 0 Å². The van der Waals surface area contributed by atoms with Gasteiger partial charge in [0.05, 0.1) is 16.1 Å². The zero-order valence-electron chi connectivity index (χ0n) is 12.8. The van der Waals surface area contributed by atoms with Gasteiger partial charge in [-0.25, -0.2) is 16.8 Å². The molecule has 0 heterocycles. The Balaban J connectivity index is 4.44. The molecule has 134 valence electrons. The molecule has 22 heavy (non-hydrogen) atoms. The molecule has 0 aromatic heterocycles. The van der Waals surface area contributed by atoms with E-state index in [1.165, 1.54) is 0 Å². The summed E-state index contributed by atoms with van der Waals surface area (Å²) in [5, 5.41) is 0. The van der Waals surface area contributed by atoms with Crippen LogP contribution >= 0.6 is 0 Å². The van der Waals surface area contributed by atoms with Crippen molar-refractivity contribution >= 4 is 20.0 Å². The van der Waals surface area contributed by atoms with Gasteiger partial charge in [-0.05, 0) is 25.2 Å². The molecular formula is C11H21F3NO5S2-. The third kappa shape index (κ3) is 6.80. The first kappa shape index (κ1) is 21.6. The van der Waals surface area contributed by atoms with Crippen LogP contribution in [-0.4, -0.2) is 40.8 Å². The van der Waals surface area contributed by atoms with E-state index in [1.807, 2.05) is 24.9 Å². The lowest BCUT2D eigenvalue weighted by Gasteiger charge is -2.30. The summed E-state index contributed by atoms with van der Waals surface area (Å²) in [6.45, 7) is 7.66. The van der Waals surface area contributed by atoms with Crippen LogP contribution in [0.25, 0.3) is 4.13 Å². The molecule has 0 saturated carbocycles. The predicted octanol–water partition coefficient (Wildman–Crippen LogP) is 2.77. The van der Waals surface area contributed by atoms with Crippen LogP contribution in [0.2, 0.25) is 0 Å². The number of hydrogen-bond acceptors (Lipinski definition) is 5. The lowest BCUT2D eigenvalue weighted by Crippen LogP contribution is -2.29. The molecule has 0 aliphatic carbocycles. The first-order chi connectivity index (χ1) is 9.65. The highest BCUT2D eigenvalue weighted by Gasteiger charge is 2.40. The maximum Gasteiger partial charge on any atom is 0.480 e. The largest absolute Gasteiger partial charge is 0.480 e. The molecule has 6 nitrogen and oxygen atoms in total. The quantitative estimate of drug-likeness (QED) is 0.584. The second-order valence-electron chi connectivity index (χ2n) is 5.49. The Hall–Kier alpha value is -0.390. The summed E-state index contributed by atoms with van der Waals surface area (Å²) in [4.78, 5) is 0. The fourth-order valence-corrected chi connectivity index (χ4v) is 3.56. The Morgan fingerprint density at radius 1 is 1.14 bits per heavy atom. The smallest absolute Gasteiger partial charge is 0.428 e. The molecule has 0 aromatic carbocycles. The minimum atomic E-state index is -6.04. The van der Waals surface area contributed by atoms with Crippen molar-refractivity contribution in [3.63, 3.8) is 0 Å². The van der Waals surface area contributed by atoms with Crippen molar-refractivity contribution < 1.29 is 34.7 Å². The van der Waals surface area contributed by atoms with Crippen LogP contribution in [0.15, 0.2) is 0 Å². The molecule has 0 aromatic rings. The van der Waals surface area contributed by atoms with Crippen molar-refractivity contribution in [2.75, 3.05) is 12.4 Å². The topological polar surface area (TPSA) is 91.6 Å². The normalized spacial score (nSPS) is 15.8. The molecule has 0 amide bonds. The molecule has 0 bridgehead atoms. The SMILES string of the molecule is CCC(C)(C)C(C)OCCCS(=O)(=O)[N-]S(=O)(=O)C(F)(F)F. The van der Waals surface area contributed by atoms with Gasteiger partial charge in [-0.2, -0.15) is 13.2 Å². The minimum Gasteiger partial charge on any atom is -0.428 e. The van der Waals surface area contributed by atoms with Gasteiger partial charge in [-0.1, -0.05) is 20.8 Å². The molecule has 0 rings (SSSR count). The zero-order valence-corrected chi connectivity index (χ0v) is 14.5. The molecular weight excluding hydrogens is 347 g/mol. The zero-order chi connectivity index (χ0) is 17.8. The van der Waals surface area contributed by atoms with Gasteiger partial charge in [0, 0.05) is 12.4 Å². The maximum atomic E-state index is 12.1. The fraction of sp³-hybridized carbons (Fsp3) is 1.00. The number of rotatable bonds is 9. The van der Waals surface area contributed by atoms with E-state index in [-0.39, 0.29) is 24.5 Å². The lowest BCUT2D eigenvalue weighted by atomic mass is 9.85. The van der Waals surface area contributed by atoms with E-state index < -0.39 is 31.3 Å². The van der Waals surface area contributed by atoms with Gasteiger partial charge in [0.2, 0.25) is 0 Å². The first-order valence-electron chi connectivity index (χ1n) is 6.54. The number of ether oxygens (including phenoxy) is 1. The monoisotopic (exact) mass is 368 g/mol. The van der Waals surface area contributed by atoms with E-state index in [4.69, 9.17) is 4.74 Å². The second-order valence-corrected chi connectivity index (χ2v) is 9.07. The minimum absolute atomic E-state index is 0.0224. The molecule has 0 N–H and O–H groups in total. The molecule has 1 unspecified atom stereocenters. The van der Waals surface area contributed by atoms with Crippen molar-refractivity contribution in [2.45, 2.75) is 52.1 Å². The number of hydrogen-bond donors (Lipinski definition) is 0. The Kier molecular flexibility index (Phi) is 7.32. The van der Waals surface area contributed by atoms with Crippen LogP contribution in [0, 0.1) is 5.41 Å². The average Bonchev–Trinajstić information content (AvgIpc) is 2.31. The van der Waals surface area contributed by atoms with Gasteiger partial charge in [0.25, 0.3) is 0 Å². The average molecular weight is 368 g/mol. The van der Waals surface area contributed by atoms with Crippen LogP contribution in [0.1, 0.15) is 40.5 Å². The molecule has 1 atom stereocenters. The number of alkyl halides is 3. The summed E-state index contributed by atoms with van der Waals surface area (Å²) in [5.41, 5.74) is -5.86. The highest BCUT2D eigenvalue weighted by molar-refractivity contribution is 8.12. The third-order valence-electron chi connectivity index (χ3n) is 3.43. The van der Waals surface area contributed by atoms with E-state index in [2.05, 4.69) is 0 Å². The maximum absolute atomic E-state index is 12.1. The van der Waals surface area contributed by atoms with Crippen molar-refractivity contribution in [2.24, 2.45) is 5.41 Å². The van der Waals surface area contributed by atoms with Crippen molar-refractivity contribution in [3.05, 3.63) is 4.13 Å². The summed E-state index contributed by atoms with van der Waals surface area (Å²) < 4.78 is 87.5. The summed E-state index contributed by atoms with van der Waals surface area (Å²) in [6, 6.07) is 0. The highest BCUT2D eigenvalue weighted by atomic mass is 32.3.